The van der Waals surface area contributed by atoms with Crippen LogP contribution in [0.2, 0.25) is 0 Å². The van der Waals surface area contributed by atoms with E-state index in [2.05, 4.69) is 20.4 Å². The third-order valence-electron chi connectivity index (χ3n) is 2.72. The highest BCUT2D eigenvalue weighted by molar-refractivity contribution is 5.94. The number of carbonyl (C=O) groups excluding carboxylic acids is 1. The summed E-state index contributed by atoms with van der Waals surface area (Å²) in [6, 6.07) is 7.85. The lowest BCUT2D eigenvalue weighted by atomic mass is 10.1. The van der Waals surface area contributed by atoms with Crippen molar-refractivity contribution in [3.8, 4) is 5.75 Å². The molecule has 2 N–H and O–H groups in total. The predicted molar refractivity (Wildman–Crippen MR) is 71.3 cm³/mol. The fourth-order valence-corrected chi connectivity index (χ4v) is 1.84. The lowest BCUT2D eigenvalue weighted by Gasteiger charge is -2.13. The molecule has 1 aromatic rings. The number of hydrogen-bond donors (Lipinski definition) is 2. The number of carbonyl (C=O) groups is 1. The molecule has 1 atom stereocenters. The zero-order valence-corrected chi connectivity index (χ0v) is 11.0. The second-order valence-corrected chi connectivity index (χ2v) is 4.01. The van der Waals surface area contributed by atoms with E-state index in [1.54, 1.807) is 0 Å². The molecule has 1 aliphatic heterocycles. The molecule has 1 unspecified atom stereocenters. The van der Waals surface area contributed by atoms with Crippen molar-refractivity contribution in [1.82, 2.24) is 10.6 Å². The van der Waals surface area contributed by atoms with Crippen LogP contribution in [0.1, 0.15) is 18.5 Å². The molecule has 0 aromatic heterocycles. The van der Waals surface area contributed by atoms with Gasteiger partial charge in [-0.15, -0.1) is 0 Å². The van der Waals surface area contributed by atoms with Crippen LogP contribution in [0, 0.1) is 0 Å². The van der Waals surface area contributed by atoms with Crippen LogP contribution < -0.4 is 15.4 Å². The van der Waals surface area contributed by atoms with Crippen molar-refractivity contribution in [2.75, 3.05) is 20.3 Å². The fourth-order valence-electron chi connectivity index (χ4n) is 1.84. The molecule has 0 saturated carbocycles. The van der Waals surface area contributed by atoms with Crippen LogP contribution in [0.15, 0.2) is 29.3 Å². The number of rotatable bonds is 3. The number of aliphatic imine (C=N–C) groups is 1. The van der Waals surface area contributed by atoms with Gasteiger partial charge in [0.25, 0.3) is 0 Å². The monoisotopic (exact) mass is 263 g/mol. The summed E-state index contributed by atoms with van der Waals surface area (Å²) in [4.78, 5) is 15.3. The van der Waals surface area contributed by atoms with E-state index in [-0.39, 0.29) is 6.04 Å². The van der Waals surface area contributed by atoms with E-state index < -0.39 is 6.09 Å². The summed E-state index contributed by atoms with van der Waals surface area (Å²) in [5.41, 5.74) is 1.07. The Morgan fingerprint density at radius 2 is 2.42 bits per heavy atom. The molecule has 1 heterocycles. The quantitative estimate of drug-likeness (QED) is 0.865. The molecule has 0 radical (unpaired) electrons. The Kier molecular flexibility index (Phi) is 4.22. The Balaban J connectivity index is 1.98. The third kappa shape index (κ3) is 3.37. The van der Waals surface area contributed by atoms with Gasteiger partial charge < -0.3 is 14.8 Å². The molecular weight excluding hydrogens is 246 g/mol. The molecule has 1 aromatic carbocycles. The summed E-state index contributed by atoms with van der Waals surface area (Å²) in [6.07, 6.45) is -0.532. The molecule has 1 amide bonds. The van der Waals surface area contributed by atoms with Crippen LogP contribution in [0.5, 0.6) is 5.75 Å². The van der Waals surface area contributed by atoms with Gasteiger partial charge in [0.05, 0.1) is 26.3 Å². The maximum Gasteiger partial charge on any atom is 0.413 e. The lowest BCUT2D eigenvalue weighted by Crippen LogP contribution is -2.39. The van der Waals surface area contributed by atoms with Crippen LogP contribution >= 0.6 is 0 Å². The van der Waals surface area contributed by atoms with Gasteiger partial charge in [0.1, 0.15) is 5.75 Å². The first-order valence-corrected chi connectivity index (χ1v) is 6.11. The van der Waals surface area contributed by atoms with Crippen molar-refractivity contribution in [3.63, 3.8) is 0 Å². The largest absolute Gasteiger partial charge is 0.494 e. The highest BCUT2D eigenvalue weighted by Gasteiger charge is 2.20. The van der Waals surface area contributed by atoms with E-state index in [1.807, 2.05) is 31.2 Å². The number of guanidine groups is 1. The van der Waals surface area contributed by atoms with Crippen molar-refractivity contribution in [2.45, 2.75) is 13.0 Å². The molecule has 2 rings (SSSR count). The van der Waals surface area contributed by atoms with Crippen LogP contribution in [-0.2, 0) is 4.74 Å². The molecular formula is C13H17N3O3. The van der Waals surface area contributed by atoms with E-state index in [0.29, 0.717) is 19.1 Å². The zero-order chi connectivity index (χ0) is 13.7. The second-order valence-electron chi connectivity index (χ2n) is 4.01. The number of hydrogen-bond acceptors (Lipinski definition) is 5. The van der Waals surface area contributed by atoms with Crippen molar-refractivity contribution >= 4 is 12.1 Å². The van der Waals surface area contributed by atoms with Gasteiger partial charge in [0.2, 0.25) is 5.96 Å². The van der Waals surface area contributed by atoms with E-state index in [0.717, 1.165) is 11.3 Å². The summed E-state index contributed by atoms with van der Waals surface area (Å²) in [5.74, 6) is 1.26. The van der Waals surface area contributed by atoms with Gasteiger partial charge in [0.15, 0.2) is 0 Å². The normalized spacial score (nSPS) is 17.4. The van der Waals surface area contributed by atoms with Gasteiger partial charge >= 0.3 is 6.09 Å². The van der Waals surface area contributed by atoms with Crippen LogP contribution in [-0.4, -0.2) is 32.3 Å². The number of nitrogens with zero attached hydrogens (tertiary/aromatic N) is 1. The van der Waals surface area contributed by atoms with Crippen molar-refractivity contribution in [2.24, 2.45) is 4.99 Å². The standard InChI is InChI=1S/C13H17N3O3/c1-3-19-10-6-4-5-9(7-10)11-8-14-12(15-11)16-13(17)18-2/h4-7,11H,3,8H2,1-2H3,(H2,14,15,16,17). The molecule has 102 valence electrons. The molecule has 0 aliphatic carbocycles. The molecule has 6 nitrogen and oxygen atoms in total. The predicted octanol–water partition coefficient (Wildman–Crippen LogP) is 1.44. The third-order valence-corrected chi connectivity index (χ3v) is 2.72. The Morgan fingerprint density at radius 1 is 1.58 bits per heavy atom. The molecule has 0 spiro atoms. The lowest BCUT2D eigenvalue weighted by molar-refractivity contribution is 0.176. The number of alkyl carbamates (subject to hydrolysis) is 1. The van der Waals surface area contributed by atoms with Crippen molar-refractivity contribution in [3.05, 3.63) is 29.8 Å². The van der Waals surface area contributed by atoms with E-state index in [9.17, 15) is 4.79 Å². The van der Waals surface area contributed by atoms with Gasteiger partial charge in [0, 0.05) is 0 Å². The molecule has 0 bridgehead atoms. The minimum Gasteiger partial charge on any atom is -0.494 e. The average molecular weight is 263 g/mol. The van der Waals surface area contributed by atoms with Crippen molar-refractivity contribution < 1.29 is 14.3 Å². The minimum absolute atomic E-state index is 0.0348. The summed E-state index contributed by atoms with van der Waals surface area (Å²) in [7, 11) is 1.31. The topological polar surface area (TPSA) is 72.0 Å². The Morgan fingerprint density at radius 3 is 3.16 bits per heavy atom. The van der Waals surface area contributed by atoms with Gasteiger partial charge in [-0.2, -0.15) is 0 Å². The van der Waals surface area contributed by atoms with E-state index >= 15 is 0 Å². The first-order chi connectivity index (χ1) is 9.22. The second kappa shape index (κ2) is 6.08. The first-order valence-electron chi connectivity index (χ1n) is 6.11. The Bertz CT molecular complexity index is 488. The van der Waals surface area contributed by atoms with Crippen molar-refractivity contribution in [1.29, 1.82) is 0 Å². The van der Waals surface area contributed by atoms with Gasteiger partial charge in [-0.1, -0.05) is 12.1 Å². The van der Waals surface area contributed by atoms with Gasteiger partial charge in [-0.05, 0) is 24.6 Å². The fraction of sp³-hybridized carbons (Fsp3) is 0.385. The van der Waals surface area contributed by atoms with E-state index in [1.165, 1.54) is 7.11 Å². The summed E-state index contributed by atoms with van der Waals surface area (Å²) in [6.45, 7) is 3.14. The SMILES string of the molecule is CCOc1cccc(C2CN=C(NC(=O)OC)N2)c1. The number of benzene rings is 1. The number of nitrogens with one attached hydrogen (secondary N) is 2. The number of methoxy groups -OCH3 is 1. The molecule has 0 fully saturated rings. The van der Waals surface area contributed by atoms with E-state index in [4.69, 9.17) is 4.74 Å². The first kappa shape index (κ1) is 13.2. The summed E-state index contributed by atoms with van der Waals surface area (Å²) in [5, 5.41) is 5.64. The molecule has 19 heavy (non-hydrogen) atoms. The van der Waals surface area contributed by atoms with Crippen LogP contribution in [0.25, 0.3) is 0 Å². The Hall–Kier alpha value is -2.24. The molecule has 0 saturated heterocycles. The van der Waals surface area contributed by atoms with Gasteiger partial charge in [-0.25, -0.2) is 4.79 Å². The number of ether oxygens (including phenoxy) is 2. The molecule has 1 aliphatic rings. The maximum atomic E-state index is 11.1. The highest BCUT2D eigenvalue weighted by atomic mass is 16.5. The van der Waals surface area contributed by atoms with Crippen LogP contribution in [0.3, 0.4) is 0 Å². The summed E-state index contributed by atoms with van der Waals surface area (Å²) < 4.78 is 9.97. The molecule has 6 heteroatoms. The average Bonchev–Trinajstić information content (AvgIpc) is 2.88. The van der Waals surface area contributed by atoms with Gasteiger partial charge in [-0.3, -0.25) is 10.3 Å². The van der Waals surface area contributed by atoms with Crippen LogP contribution in [0.4, 0.5) is 4.79 Å². The minimum atomic E-state index is -0.532. The number of amides is 1. The smallest absolute Gasteiger partial charge is 0.413 e. The maximum absolute atomic E-state index is 11.1. The summed E-state index contributed by atoms with van der Waals surface area (Å²) >= 11 is 0. The zero-order valence-electron chi connectivity index (χ0n) is 11.0. The highest BCUT2D eigenvalue weighted by Crippen LogP contribution is 2.21. The Labute approximate surface area is 111 Å².